The Balaban J connectivity index is 1.53. The van der Waals surface area contributed by atoms with E-state index in [0.717, 1.165) is 11.1 Å². The van der Waals surface area contributed by atoms with E-state index in [1.165, 1.54) is 7.11 Å². The highest BCUT2D eigenvalue weighted by atomic mass is 16.5. The highest BCUT2D eigenvalue weighted by molar-refractivity contribution is 5.99. The highest BCUT2D eigenvalue weighted by Gasteiger charge is 2.56. The molecule has 1 aliphatic heterocycles. The number of ether oxygens (including phenoxy) is 3. The molecular formula is C24H28N2O6. The summed E-state index contributed by atoms with van der Waals surface area (Å²) in [5.74, 6) is 0.159. The molecule has 0 aromatic heterocycles. The molecule has 1 heterocycles. The van der Waals surface area contributed by atoms with E-state index < -0.39 is 17.6 Å². The fourth-order valence-corrected chi connectivity index (χ4v) is 3.78. The fraction of sp³-hybridized carbons (Fsp3) is 0.375. The van der Waals surface area contributed by atoms with Crippen LogP contribution in [-0.4, -0.2) is 49.2 Å². The summed E-state index contributed by atoms with van der Waals surface area (Å²) in [6.07, 6.45) is 0.428. The third-order valence-corrected chi connectivity index (χ3v) is 5.58. The van der Waals surface area contributed by atoms with Crippen molar-refractivity contribution < 1.29 is 28.6 Å². The number of nitrogens with zero attached hydrogens (tertiary/aromatic N) is 1. The van der Waals surface area contributed by atoms with Gasteiger partial charge in [-0.1, -0.05) is 42.5 Å². The largest absolute Gasteiger partial charge is 0.497 e. The van der Waals surface area contributed by atoms with Gasteiger partial charge in [0, 0.05) is 13.1 Å². The first-order valence-electron chi connectivity index (χ1n) is 10.4. The molecule has 2 aromatic rings. The van der Waals surface area contributed by atoms with Crippen LogP contribution in [0.5, 0.6) is 5.75 Å². The van der Waals surface area contributed by atoms with Gasteiger partial charge in [-0.15, -0.1) is 0 Å². The average molecular weight is 440 g/mol. The molecule has 1 aliphatic rings. The minimum Gasteiger partial charge on any atom is -0.497 e. The van der Waals surface area contributed by atoms with Crippen LogP contribution in [0.15, 0.2) is 54.6 Å². The van der Waals surface area contributed by atoms with Crippen molar-refractivity contribution in [3.8, 4) is 5.75 Å². The number of amides is 2. The van der Waals surface area contributed by atoms with Gasteiger partial charge >= 0.3 is 12.1 Å². The van der Waals surface area contributed by atoms with Gasteiger partial charge in [-0.05, 0) is 36.1 Å². The predicted octanol–water partition coefficient (Wildman–Crippen LogP) is 3.05. The topological polar surface area (TPSA) is 94.2 Å². The number of hydrogen-bond donors (Lipinski definition) is 1. The van der Waals surface area contributed by atoms with Crippen LogP contribution >= 0.6 is 0 Å². The number of hydrogen-bond acceptors (Lipinski definition) is 6. The van der Waals surface area contributed by atoms with E-state index in [1.54, 1.807) is 12.0 Å². The van der Waals surface area contributed by atoms with Crippen molar-refractivity contribution in [1.82, 2.24) is 10.2 Å². The van der Waals surface area contributed by atoms with Gasteiger partial charge in [0.05, 0.1) is 20.6 Å². The lowest BCUT2D eigenvalue weighted by Gasteiger charge is -2.49. The Kier molecular flexibility index (Phi) is 7.70. The molecule has 1 fully saturated rings. The molecule has 0 saturated carbocycles. The molecule has 1 N–H and O–H groups in total. The van der Waals surface area contributed by atoms with Crippen LogP contribution < -0.4 is 10.1 Å². The van der Waals surface area contributed by atoms with Crippen LogP contribution in [0.3, 0.4) is 0 Å². The van der Waals surface area contributed by atoms with Gasteiger partial charge in [0.2, 0.25) is 5.91 Å². The lowest BCUT2D eigenvalue weighted by atomic mass is 9.79. The van der Waals surface area contributed by atoms with Crippen molar-refractivity contribution in [3.63, 3.8) is 0 Å². The van der Waals surface area contributed by atoms with Crippen molar-refractivity contribution in [2.24, 2.45) is 0 Å². The zero-order valence-electron chi connectivity index (χ0n) is 18.3. The van der Waals surface area contributed by atoms with Crippen molar-refractivity contribution in [1.29, 1.82) is 0 Å². The Morgan fingerprint density at radius 2 is 1.75 bits per heavy atom. The monoisotopic (exact) mass is 440 g/mol. The third kappa shape index (κ3) is 5.38. The Morgan fingerprint density at radius 1 is 1.03 bits per heavy atom. The highest BCUT2D eigenvalue weighted by Crippen LogP contribution is 2.38. The Hall–Kier alpha value is -3.55. The Bertz CT molecular complexity index is 931. The summed E-state index contributed by atoms with van der Waals surface area (Å²) in [7, 11) is 2.90. The molecule has 3 rings (SSSR count). The summed E-state index contributed by atoms with van der Waals surface area (Å²) < 4.78 is 15.4. The molecule has 2 aromatic carbocycles. The van der Waals surface area contributed by atoms with Gasteiger partial charge in [-0.3, -0.25) is 4.79 Å². The first-order valence-corrected chi connectivity index (χ1v) is 10.4. The van der Waals surface area contributed by atoms with Crippen LogP contribution in [0.2, 0.25) is 0 Å². The minimum atomic E-state index is -1.03. The SMILES string of the molecule is COC(=O)[C@]1(CCCNC(=O)OCc2ccccc2)CC(=O)N1Cc1ccc(OC)cc1. The standard InChI is InChI=1S/C24H28N2O6/c1-30-20-11-9-18(10-12-20)16-26-21(27)15-24(26,22(28)31-2)13-6-14-25-23(29)32-17-19-7-4-3-5-8-19/h3-5,7-12H,6,13-17H2,1-2H3,(H,25,29)/t24-/m0/s1. The summed E-state index contributed by atoms with van der Waals surface area (Å²) in [5, 5.41) is 2.69. The smallest absolute Gasteiger partial charge is 0.407 e. The summed E-state index contributed by atoms with van der Waals surface area (Å²) in [6.45, 7) is 0.796. The second kappa shape index (κ2) is 10.7. The maximum Gasteiger partial charge on any atom is 0.407 e. The average Bonchev–Trinajstić information content (AvgIpc) is 2.83. The molecular weight excluding hydrogens is 412 g/mol. The van der Waals surface area contributed by atoms with Crippen LogP contribution in [0.1, 0.15) is 30.4 Å². The summed E-state index contributed by atoms with van der Waals surface area (Å²) in [6, 6.07) is 16.7. The second-order valence-corrected chi connectivity index (χ2v) is 7.62. The van der Waals surface area contributed by atoms with Crippen LogP contribution in [-0.2, 0) is 32.2 Å². The van der Waals surface area contributed by atoms with Gasteiger partial charge in [-0.2, -0.15) is 0 Å². The number of nitrogens with one attached hydrogen (secondary N) is 1. The van der Waals surface area contributed by atoms with E-state index in [1.807, 2.05) is 54.6 Å². The molecule has 1 atom stereocenters. The normalized spacial score (nSPS) is 17.3. The number of methoxy groups -OCH3 is 2. The first kappa shape index (κ1) is 23.1. The van der Waals surface area contributed by atoms with Crippen molar-refractivity contribution >= 4 is 18.0 Å². The zero-order valence-corrected chi connectivity index (χ0v) is 18.3. The maximum atomic E-state index is 12.6. The number of alkyl carbamates (subject to hydrolysis) is 1. The number of benzene rings is 2. The molecule has 0 spiro atoms. The number of rotatable bonds is 10. The molecule has 0 aliphatic carbocycles. The quantitative estimate of drug-likeness (QED) is 0.347. The van der Waals surface area contributed by atoms with E-state index >= 15 is 0 Å². The number of likely N-dealkylation sites (tertiary alicyclic amines) is 1. The molecule has 8 heteroatoms. The Labute approximate surface area is 187 Å². The van der Waals surface area contributed by atoms with Crippen molar-refractivity contribution in [2.75, 3.05) is 20.8 Å². The summed E-state index contributed by atoms with van der Waals surface area (Å²) in [4.78, 5) is 38.4. The third-order valence-electron chi connectivity index (χ3n) is 5.58. The van der Waals surface area contributed by atoms with E-state index in [4.69, 9.17) is 14.2 Å². The molecule has 32 heavy (non-hydrogen) atoms. The minimum absolute atomic E-state index is 0.0915. The molecule has 0 unspecified atom stereocenters. The van der Waals surface area contributed by atoms with Crippen LogP contribution in [0.25, 0.3) is 0 Å². The van der Waals surface area contributed by atoms with Gasteiger partial charge in [0.1, 0.15) is 17.9 Å². The predicted molar refractivity (Wildman–Crippen MR) is 117 cm³/mol. The number of carbonyl (C=O) groups is 3. The zero-order chi connectivity index (χ0) is 23.0. The number of esters is 1. The second-order valence-electron chi connectivity index (χ2n) is 7.62. The molecule has 0 bridgehead atoms. The van der Waals surface area contributed by atoms with E-state index in [9.17, 15) is 14.4 Å². The van der Waals surface area contributed by atoms with Gasteiger partial charge < -0.3 is 24.4 Å². The van der Waals surface area contributed by atoms with Gasteiger partial charge in [-0.25, -0.2) is 9.59 Å². The molecule has 2 amide bonds. The molecule has 170 valence electrons. The van der Waals surface area contributed by atoms with E-state index in [-0.39, 0.29) is 18.9 Å². The molecule has 8 nitrogen and oxygen atoms in total. The Morgan fingerprint density at radius 3 is 2.38 bits per heavy atom. The molecule has 1 saturated heterocycles. The fourth-order valence-electron chi connectivity index (χ4n) is 3.78. The summed E-state index contributed by atoms with van der Waals surface area (Å²) >= 11 is 0. The van der Waals surface area contributed by atoms with Gasteiger partial charge in [0.25, 0.3) is 0 Å². The summed E-state index contributed by atoms with van der Waals surface area (Å²) in [5.41, 5.74) is 0.755. The lowest BCUT2D eigenvalue weighted by molar-refractivity contribution is -0.180. The molecule has 0 radical (unpaired) electrons. The van der Waals surface area contributed by atoms with Crippen molar-refractivity contribution in [2.45, 2.75) is 38.0 Å². The number of β-lactam (4-membered cyclic amide) rings is 1. The van der Waals surface area contributed by atoms with Gasteiger partial charge in [0.15, 0.2) is 0 Å². The van der Waals surface area contributed by atoms with E-state index in [2.05, 4.69) is 5.32 Å². The van der Waals surface area contributed by atoms with Crippen LogP contribution in [0, 0.1) is 0 Å². The van der Waals surface area contributed by atoms with Crippen LogP contribution in [0.4, 0.5) is 4.79 Å². The van der Waals surface area contributed by atoms with Crippen molar-refractivity contribution in [3.05, 3.63) is 65.7 Å². The maximum absolute atomic E-state index is 12.6. The van der Waals surface area contributed by atoms with E-state index in [0.29, 0.717) is 31.7 Å². The number of carbonyl (C=O) groups excluding carboxylic acids is 3. The first-order chi connectivity index (χ1) is 15.5. The lowest BCUT2D eigenvalue weighted by Crippen LogP contribution is -2.67.